The van der Waals surface area contributed by atoms with E-state index in [1.54, 1.807) is 7.11 Å². The standard InChI is InChI=1S/C16H22N4O2S/c1-22-11-8-15-18-16(23-19-15)17-12-2-4-13(5-3-12)20-9-6-14(21)7-10-20/h2-5,14,21H,6-11H2,1H3,(H,17,18,19). The first-order chi connectivity index (χ1) is 11.2. The molecule has 1 aromatic carbocycles. The van der Waals surface area contributed by atoms with Gasteiger partial charge in [0.25, 0.3) is 0 Å². The Labute approximate surface area is 140 Å². The third-order valence-corrected chi connectivity index (χ3v) is 4.61. The summed E-state index contributed by atoms with van der Waals surface area (Å²) in [6.45, 7) is 2.45. The molecule has 23 heavy (non-hydrogen) atoms. The van der Waals surface area contributed by atoms with Crippen molar-refractivity contribution < 1.29 is 9.84 Å². The van der Waals surface area contributed by atoms with E-state index < -0.39 is 0 Å². The van der Waals surface area contributed by atoms with Gasteiger partial charge in [-0.05, 0) is 37.1 Å². The first kappa shape index (κ1) is 16.2. The van der Waals surface area contributed by atoms with Gasteiger partial charge in [0, 0.05) is 49.5 Å². The van der Waals surface area contributed by atoms with Crippen molar-refractivity contribution in [3.63, 3.8) is 0 Å². The van der Waals surface area contributed by atoms with E-state index >= 15 is 0 Å². The summed E-state index contributed by atoms with van der Waals surface area (Å²) in [7, 11) is 1.68. The van der Waals surface area contributed by atoms with Crippen molar-refractivity contribution in [3.8, 4) is 0 Å². The summed E-state index contributed by atoms with van der Waals surface area (Å²) in [6.07, 6.45) is 2.27. The zero-order chi connectivity index (χ0) is 16.1. The predicted octanol–water partition coefficient (Wildman–Crippen LogP) is 2.43. The van der Waals surface area contributed by atoms with Gasteiger partial charge >= 0.3 is 0 Å². The summed E-state index contributed by atoms with van der Waals surface area (Å²) >= 11 is 1.36. The van der Waals surface area contributed by atoms with Crippen LogP contribution in [0.3, 0.4) is 0 Å². The molecule has 1 fully saturated rings. The Balaban J connectivity index is 1.58. The number of methoxy groups -OCH3 is 1. The van der Waals surface area contributed by atoms with Gasteiger partial charge in [-0.3, -0.25) is 0 Å². The highest BCUT2D eigenvalue weighted by Crippen LogP contribution is 2.24. The first-order valence-electron chi connectivity index (χ1n) is 7.86. The van der Waals surface area contributed by atoms with Gasteiger partial charge in [-0.1, -0.05) is 0 Å². The molecule has 0 spiro atoms. The van der Waals surface area contributed by atoms with Gasteiger partial charge < -0.3 is 20.1 Å². The number of hydrogen-bond acceptors (Lipinski definition) is 7. The van der Waals surface area contributed by atoms with Gasteiger partial charge in [-0.15, -0.1) is 0 Å². The van der Waals surface area contributed by atoms with Crippen molar-refractivity contribution in [2.75, 3.05) is 37.0 Å². The second-order valence-corrected chi connectivity index (χ2v) is 6.40. The summed E-state index contributed by atoms with van der Waals surface area (Å²) in [5.74, 6) is 0.808. The molecule has 1 aliphatic heterocycles. The van der Waals surface area contributed by atoms with Gasteiger partial charge in [-0.25, -0.2) is 4.98 Å². The second-order valence-electron chi connectivity index (χ2n) is 5.65. The minimum absolute atomic E-state index is 0.142. The summed E-state index contributed by atoms with van der Waals surface area (Å²) in [5.41, 5.74) is 2.20. The number of anilines is 3. The number of aliphatic hydroxyl groups excluding tert-OH is 1. The number of aromatic nitrogens is 2. The normalized spacial score (nSPS) is 15.8. The molecule has 0 atom stereocenters. The van der Waals surface area contributed by atoms with E-state index in [-0.39, 0.29) is 6.10 Å². The Kier molecular flexibility index (Phi) is 5.43. The number of nitrogens with one attached hydrogen (secondary N) is 1. The average molecular weight is 334 g/mol. The van der Waals surface area contributed by atoms with Crippen LogP contribution in [0.5, 0.6) is 0 Å². The number of ether oxygens (including phenoxy) is 1. The van der Waals surface area contributed by atoms with Crippen LogP contribution < -0.4 is 10.2 Å². The lowest BCUT2D eigenvalue weighted by molar-refractivity contribution is 0.145. The lowest BCUT2D eigenvalue weighted by atomic mass is 10.1. The monoisotopic (exact) mass is 334 g/mol. The number of benzene rings is 1. The van der Waals surface area contributed by atoms with Gasteiger partial charge in [0.1, 0.15) is 5.82 Å². The summed E-state index contributed by atoms with van der Waals surface area (Å²) in [4.78, 5) is 6.75. The Hall–Kier alpha value is -1.70. The number of hydrogen-bond donors (Lipinski definition) is 2. The Morgan fingerprint density at radius 2 is 2.04 bits per heavy atom. The van der Waals surface area contributed by atoms with Crippen LogP contribution in [-0.2, 0) is 11.2 Å². The molecule has 0 radical (unpaired) electrons. The van der Waals surface area contributed by atoms with Crippen molar-refractivity contribution in [1.82, 2.24) is 9.36 Å². The molecule has 1 aromatic heterocycles. The SMILES string of the molecule is COCCc1nsc(Nc2ccc(N3CCC(O)CC3)cc2)n1. The fraction of sp³-hybridized carbons (Fsp3) is 0.500. The molecule has 7 heteroatoms. The van der Waals surface area contributed by atoms with Crippen LogP contribution in [0.15, 0.2) is 24.3 Å². The molecular formula is C16H22N4O2S. The predicted molar refractivity (Wildman–Crippen MR) is 92.7 cm³/mol. The molecule has 3 rings (SSSR count). The molecule has 0 amide bonds. The summed E-state index contributed by atoms with van der Waals surface area (Å²) < 4.78 is 9.34. The molecule has 0 unspecified atom stereocenters. The van der Waals surface area contributed by atoms with Crippen molar-refractivity contribution in [2.45, 2.75) is 25.4 Å². The van der Waals surface area contributed by atoms with Crippen LogP contribution in [0.4, 0.5) is 16.5 Å². The molecule has 2 aromatic rings. The fourth-order valence-electron chi connectivity index (χ4n) is 2.60. The minimum atomic E-state index is -0.142. The number of rotatable bonds is 6. The van der Waals surface area contributed by atoms with Crippen molar-refractivity contribution in [1.29, 1.82) is 0 Å². The largest absolute Gasteiger partial charge is 0.393 e. The van der Waals surface area contributed by atoms with Crippen molar-refractivity contribution in [2.24, 2.45) is 0 Å². The van der Waals surface area contributed by atoms with Crippen LogP contribution in [0.1, 0.15) is 18.7 Å². The molecule has 2 N–H and O–H groups in total. The van der Waals surface area contributed by atoms with Crippen LogP contribution in [0, 0.1) is 0 Å². The van der Waals surface area contributed by atoms with Crippen molar-refractivity contribution in [3.05, 3.63) is 30.1 Å². The smallest absolute Gasteiger partial charge is 0.207 e. The quantitative estimate of drug-likeness (QED) is 0.845. The van der Waals surface area contributed by atoms with E-state index in [0.717, 1.165) is 49.0 Å². The zero-order valence-corrected chi connectivity index (χ0v) is 14.1. The van der Waals surface area contributed by atoms with Crippen LogP contribution >= 0.6 is 11.5 Å². The van der Waals surface area contributed by atoms with Gasteiger partial charge in [-0.2, -0.15) is 4.37 Å². The molecule has 0 saturated carbocycles. The van der Waals surface area contributed by atoms with E-state index in [4.69, 9.17) is 4.74 Å². The van der Waals surface area contributed by atoms with E-state index in [1.165, 1.54) is 17.2 Å². The molecule has 0 bridgehead atoms. The zero-order valence-electron chi connectivity index (χ0n) is 13.2. The minimum Gasteiger partial charge on any atom is -0.393 e. The van der Waals surface area contributed by atoms with E-state index in [2.05, 4.69) is 43.8 Å². The lowest BCUT2D eigenvalue weighted by Gasteiger charge is -2.31. The van der Waals surface area contributed by atoms with Gasteiger partial charge in [0.15, 0.2) is 0 Å². The Morgan fingerprint density at radius 3 is 2.74 bits per heavy atom. The van der Waals surface area contributed by atoms with E-state index in [0.29, 0.717) is 6.61 Å². The highest BCUT2D eigenvalue weighted by atomic mass is 32.1. The first-order valence-corrected chi connectivity index (χ1v) is 8.63. The van der Waals surface area contributed by atoms with Crippen molar-refractivity contribution >= 4 is 28.0 Å². The number of piperidine rings is 1. The maximum atomic E-state index is 9.58. The highest BCUT2D eigenvalue weighted by Gasteiger charge is 2.17. The molecule has 2 heterocycles. The molecule has 1 saturated heterocycles. The summed E-state index contributed by atoms with van der Waals surface area (Å²) in [5, 5.41) is 13.7. The average Bonchev–Trinajstić information content (AvgIpc) is 3.02. The van der Waals surface area contributed by atoms with Gasteiger partial charge in [0.2, 0.25) is 5.13 Å². The topological polar surface area (TPSA) is 70.5 Å². The van der Waals surface area contributed by atoms with Crippen LogP contribution in [-0.4, -0.2) is 47.4 Å². The van der Waals surface area contributed by atoms with E-state index in [9.17, 15) is 5.11 Å². The molecule has 1 aliphatic rings. The lowest BCUT2D eigenvalue weighted by Crippen LogP contribution is -2.35. The third-order valence-electron chi connectivity index (χ3n) is 3.95. The maximum absolute atomic E-state index is 9.58. The third kappa shape index (κ3) is 4.40. The molecule has 0 aliphatic carbocycles. The highest BCUT2D eigenvalue weighted by molar-refractivity contribution is 7.09. The van der Waals surface area contributed by atoms with Crippen LogP contribution in [0.2, 0.25) is 0 Å². The van der Waals surface area contributed by atoms with E-state index in [1.807, 2.05) is 0 Å². The van der Waals surface area contributed by atoms with Gasteiger partial charge in [0.05, 0.1) is 12.7 Å². The van der Waals surface area contributed by atoms with Crippen LogP contribution in [0.25, 0.3) is 0 Å². The molecular weight excluding hydrogens is 312 g/mol. The Bertz CT molecular complexity index is 609. The summed E-state index contributed by atoms with van der Waals surface area (Å²) in [6, 6.07) is 8.31. The number of aliphatic hydroxyl groups is 1. The Morgan fingerprint density at radius 1 is 1.30 bits per heavy atom. The second kappa shape index (κ2) is 7.72. The fourth-order valence-corrected chi connectivity index (χ4v) is 3.24. The molecule has 124 valence electrons. The number of nitrogens with zero attached hydrogens (tertiary/aromatic N) is 3. The maximum Gasteiger partial charge on any atom is 0.207 e. The molecule has 6 nitrogen and oxygen atoms in total.